The third kappa shape index (κ3) is 2.87. The third-order valence-electron chi connectivity index (χ3n) is 3.87. The van der Waals surface area contributed by atoms with Crippen LogP contribution < -0.4 is 9.47 Å². The van der Waals surface area contributed by atoms with Gasteiger partial charge in [-0.1, -0.05) is 12.1 Å². The first-order valence-corrected chi connectivity index (χ1v) is 7.75. The van der Waals surface area contributed by atoms with Crippen LogP contribution in [0.2, 0.25) is 0 Å². The van der Waals surface area contributed by atoms with Gasteiger partial charge >= 0.3 is 5.79 Å². The van der Waals surface area contributed by atoms with E-state index in [1.807, 2.05) is 24.3 Å². The molecule has 0 unspecified atom stereocenters. The van der Waals surface area contributed by atoms with Gasteiger partial charge in [0.1, 0.15) is 23.0 Å². The van der Waals surface area contributed by atoms with E-state index >= 15 is 0 Å². The molecule has 124 valence electrons. The number of ether oxygens (including phenoxy) is 2. The zero-order valence-electron chi connectivity index (χ0n) is 13.2. The van der Waals surface area contributed by atoms with Crippen molar-refractivity contribution in [2.24, 2.45) is 4.99 Å². The van der Waals surface area contributed by atoms with Gasteiger partial charge in [-0.3, -0.25) is 4.99 Å². The molecule has 1 aliphatic heterocycles. The largest absolute Gasteiger partial charge is 0.508 e. The maximum Gasteiger partial charge on any atom is 0.317 e. The van der Waals surface area contributed by atoms with Gasteiger partial charge in [-0.25, -0.2) is 0 Å². The molecule has 0 aromatic heterocycles. The number of benzene rings is 3. The van der Waals surface area contributed by atoms with Crippen LogP contribution in [0.5, 0.6) is 23.0 Å². The summed E-state index contributed by atoms with van der Waals surface area (Å²) in [5.74, 6) is 0.131. The lowest BCUT2D eigenvalue weighted by molar-refractivity contribution is -0.0503. The normalized spacial score (nSPS) is 14.1. The SMILES string of the molecule is Oc1ccc(OC2(Oc3ccc(O)cc3)C=Nc3ccccc32)cc1. The van der Waals surface area contributed by atoms with Crippen molar-refractivity contribution in [1.29, 1.82) is 0 Å². The predicted molar refractivity (Wildman–Crippen MR) is 93.7 cm³/mol. The molecule has 1 heterocycles. The lowest BCUT2D eigenvalue weighted by atomic mass is 10.1. The fourth-order valence-corrected chi connectivity index (χ4v) is 2.67. The monoisotopic (exact) mass is 333 g/mol. The van der Waals surface area contributed by atoms with Gasteiger partial charge in [0, 0.05) is 0 Å². The number of fused-ring (bicyclic) bond motifs is 1. The van der Waals surface area contributed by atoms with Crippen molar-refractivity contribution in [1.82, 2.24) is 0 Å². The number of phenols is 2. The molecule has 1 aliphatic rings. The lowest BCUT2D eigenvalue weighted by Crippen LogP contribution is -2.39. The molecule has 25 heavy (non-hydrogen) atoms. The van der Waals surface area contributed by atoms with Crippen molar-refractivity contribution >= 4 is 11.9 Å². The van der Waals surface area contributed by atoms with Crippen LogP contribution in [-0.4, -0.2) is 16.4 Å². The highest BCUT2D eigenvalue weighted by Crippen LogP contribution is 2.40. The Balaban J connectivity index is 1.75. The summed E-state index contributed by atoms with van der Waals surface area (Å²) >= 11 is 0. The molecule has 3 aromatic carbocycles. The molecule has 4 rings (SSSR count). The van der Waals surface area contributed by atoms with Gasteiger partial charge in [0.15, 0.2) is 0 Å². The topological polar surface area (TPSA) is 71.3 Å². The van der Waals surface area contributed by atoms with Crippen molar-refractivity contribution in [3.63, 3.8) is 0 Å². The van der Waals surface area contributed by atoms with Crippen LogP contribution in [0.15, 0.2) is 77.8 Å². The molecule has 0 fully saturated rings. The minimum absolute atomic E-state index is 0.154. The summed E-state index contributed by atoms with van der Waals surface area (Å²) in [5.41, 5.74) is 1.54. The van der Waals surface area contributed by atoms with Crippen LogP contribution in [-0.2, 0) is 5.79 Å². The Morgan fingerprint density at radius 2 is 1.20 bits per heavy atom. The van der Waals surface area contributed by atoms with Crippen LogP contribution in [0.3, 0.4) is 0 Å². The average molecular weight is 333 g/mol. The number of phenolic OH excluding ortho intramolecular Hbond substituents is 2. The van der Waals surface area contributed by atoms with Gasteiger partial charge in [0.2, 0.25) is 0 Å². The number of nitrogens with zero attached hydrogens (tertiary/aromatic N) is 1. The number of hydrogen-bond donors (Lipinski definition) is 2. The van der Waals surface area contributed by atoms with Gasteiger partial charge in [0.05, 0.1) is 17.5 Å². The second kappa shape index (κ2) is 5.87. The molecular weight excluding hydrogens is 318 g/mol. The molecule has 0 bridgehead atoms. The zero-order valence-corrected chi connectivity index (χ0v) is 13.2. The maximum atomic E-state index is 9.46. The van der Waals surface area contributed by atoms with E-state index in [2.05, 4.69) is 4.99 Å². The van der Waals surface area contributed by atoms with Crippen LogP contribution in [0.4, 0.5) is 5.69 Å². The molecule has 0 radical (unpaired) electrons. The first-order valence-electron chi connectivity index (χ1n) is 7.75. The quantitative estimate of drug-likeness (QED) is 0.704. The molecule has 0 aliphatic carbocycles. The van der Waals surface area contributed by atoms with Crippen molar-refractivity contribution in [2.75, 3.05) is 0 Å². The number of hydrogen-bond acceptors (Lipinski definition) is 5. The molecule has 0 atom stereocenters. The molecule has 5 nitrogen and oxygen atoms in total. The summed E-state index contributed by atoms with van der Waals surface area (Å²) in [6.45, 7) is 0. The fraction of sp³-hybridized carbons (Fsp3) is 0.0500. The van der Waals surface area contributed by atoms with Crippen LogP contribution in [0, 0.1) is 0 Å². The summed E-state index contributed by atoms with van der Waals surface area (Å²) in [4.78, 5) is 4.41. The summed E-state index contributed by atoms with van der Waals surface area (Å²) in [7, 11) is 0. The van der Waals surface area contributed by atoms with Crippen molar-refractivity contribution in [3.05, 3.63) is 78.4 Å². The van der Waals surface area contributed by atoms with E-state index in [1.54, 1.807) is 54.7 Å². The smallest absolute Gasteiger partial charge is 0.317 e. The van der Waals surface area contributed by atoms with Crippen LogP contribution >= 0.6 is 0 Å². The van der Waals surface area contributed by atoms with Gasteiger partial charge in [-0.05, 0) is 60.7 Å². The first kappa shape index (κ1) is 15.1. The van der Waals surface area contributed by atoms with E-state index in [1.165, 1.54) is 0 Å². The van der Waals surface area contributed by atoms with Crippen LogP contribution in [0.1, 0.15) is 5.56 Å². The molecule has 3 aromatic rings. The van der Waals surface area contributed by atoms with E-state index in [-0.39, 0.29) is 11.5 Å². The Labute approximate surface area is 144 Å². The summed E-state index contributed by atoms with van der Waals surface area (Å²) in [5, 5.41) is 18.9. The highest BCUT2D eigenvalue weighted by atomic mass is 16.7. The number of aliphatic imine (C=N–C) groups is 1. The van der Waals surface area contributed by atoms with Crippen molar-refractivity contribution in [2.45, 2.75) is 5.79 Å². The van der Waals surface area contributed by atoms with E-state index in [9.17, 15) is 10.2 Å². The molecular formula is C20H15NO4. The Morgan fingerprint density at radius 1 is 0.680 bits per heavy atom. The summed E-state index contributed by atoms with van der Waals surface area (Å²) in [6.07, 6.45) is 1.61. The Hall–Kier alpha value is -3.47. The van der Waals surface area contributed by atoms with E-state index in [0.29, 0.717) is 11.5 Å². The molecule has 0 amide bonds. The number of para-hydroxylation sites is 1. The van der Waals surface area contributed by atoms with E-state index in [4.69, 9.17) is 9.47 Å². The average Bonchev–Trinajstić information content (AvgIpc) is 2.98. The highest BCUT2D eigenvalue weighted by molar-refractivity contribution is 5.82. The number of rotatable bonds is 4. The number of aromatic hydroxyl groups is 2. The zero-order chi connectivity index (χ0) is 17.3. The lowest BCUT2D eigenvalue weighted by Gasteiger charge is -2.29. The Morgan fingerprint density at radius 3 is 1.76 bits per heavy atom. The van der Waals surface area contributed by atoms with Crippen LogP contribution in [0.25, 0.3) is 0 Å². The van der Waals surface area contributed by atoms with Gasteiger partial charge in [-0.15, -0.1) is 0 Å². The minimum atomic E-state index is -1.23. The maximum absolute atomic E-state index is 9.46. The molecule has 0 saturated carbocycles. The second-order valence-corrected chi connectivity index (χ2v) is 5.63. The van der Waals surface area contributed by atoms with Crippen molar-refractivity contribution < 1.29 is 19.7 Å². The highest BCUT2D eigenvalue weighted by Gasteiger charge is 2.41. The Kier molecular flexibility index (Phi) is 3.54. The standard InChI is InChI=1S/C20H15NO4/c22-14-5-9-16(10-6-14)24-20(25-17-11-7-15(23)8-12-17)13-21-19-4-2-1-3-18(19)20/h1-13,22-23H. The predicted octanol–water partition coefficient (Wildman–Crippen LogP) is 4.12. The van der Waals surface area contributed by atoms with Gasteiger partial charge in [0.25, 0.3) is 0 Å². The van der Waals surface area contributed by atoms with E-state index in [0.717, 1.165) is 11.3 Å². The summed E-state index contributed by atoms with van der Waals surface area (Å²) < 4.78 is 12.3. The fourth-order valence-electron chi connectivity index (χ4n) is 2.67. The first-order chi connectivity index (χ1) is 12.1. The molecule has 0 spiro atoms. The molecule has 0 saturated heterocycles. The molecule has 5 heteroatoms. The Bertz CT molecular complexity index is 870. The third-order valence-corrected chi connectivity index (χ3v) is 3.87. The molecule has 2 N–H and O–H groups in total. The van der Waals surface area contributed by atoms with Crippen molar-refractivity contribution in [3.8, 4) is 23.0 Å². The van der Waals surface area contributed by atoms with Gasteiger partial charge in [-0.2, -0.15) is 0 Å². The minimum Gasteiger partial charge on any atom is -0.508 e. The van der Waals surface area contributed by atoms with E-state index < -0.39 is 5.79 Å². The summed E-state index contributed by atoms with van der Waals surface area (Å²) in [6, 6.07) is 20.4. The second-order valence-electron chi connectivity index (χ2n) is 5.63. The van der Waals surface area contributed by atoms with Gasteiger partial charge < -0.3 is 19.7 Å².